The minimum Gasteiger partial charge on any atom is -0.281 e. The molecule has 0 spiro atoms. The number of rotatable bonds is 1. The van der Waals surface area contributed by atoms with Crippen LogP contribution in [0.25, 0.3) is 0 Å². The molecule has 5 rings (SSSR count). The molecule has 0 saturated carbocycles. The van der Waals surface area contributed by atoms with Crippen LogP contribution in [0.4, 0.5) is 0 Å². The van der Waals surface area contributed by atoms with Crippen LogP contribution in [0, 0.1) is 0 Å². The van der Waals surface area contributed by atoms with Gasteiger partial charge in [0, 0.05) is 12.1 Å². The lowest BCUT2D eigenvalue weighted by molar-refractivity contribution is 0.107. The molecule has 0 aromatic heterocycles. The Hall–Kier alpha value is -1.68. The largest absolute Gasteiger partial charge is 0.281 e. The molecule has 3 nitrogen and oxygen atoms in total. The molecule has 0 aromatic carbocycles. The first-order chi connectivity index (χ1) is 10.9. The van der Waals surface area contributed by atoms with Crippen molar-refractivity contribution >= 4 is 0 Å². The van der Waals surface area contributed by atoms with Gasteiger partial charge in [-0.2, -0.15) is 0 Å². The van der Waals surface area contributed by atoms with Crippen molar-refractivity contribution in [2.75, 3.05) is 0 Å². The van der Waals surface area contributed by atoms with Crippen LogP contribution in [0.5, 0.6) is 0 Å². The smallest absolute Gasteiger partial charge is 0.119 e. The summed E-state index contributed by atoms with van der Waals surface area (Å²) >= 11 is 0. The van der Waals surface area contributed by atoms with Crippen LogP contribution in [-0.2, 0) is 0 Å². The highest BCUT2D eigenvalue weighted by atomic mass is 15.6. The quantitative estimate of drug-likeness (QED) is 0.798. The van der Waals surface area contributed by atoms with Crippen molar-refractivity contribution in [1.29, 1.82) is 0 Å². The molecule has 3 aliphatic carbocycles. The molecule has 0 radical (unpaired) electrons. The minimum atomic E-state index is 0.311. The highest BCUT2D eigenvalue weighted by Gasteiger charge is 2.55. The van der Waals surface area contributed by atoms with E-state index in [2.05, 4.69) is 88.0 Å². The fourth-order valence-corrected chi connectivity index (χ4v) is 4.55. The van der Waals surface area contributed by atoms with E-state index in [1.807, 2.05) is 0 Å². The van der Waals surface area contributed by atoms with E-state index in [9.17, 15) is 0 Å². The van der Waals surface area contributed by atoms with Gasteiger partial charge in [0.05, 0.1) is 18.1 Å². The number of hydrogen-bond donors (Lipinski definition) is 1. The van der Waals surface area contributed by atoms with Crippen LogP contribution in [0.15, 0.2) is 72.9 Å². The molecule has 0 amide bonds. The van der Waals surface area contributed by atoms with E-state index in [0.717, 1.165) is 6.42 Å². The van der Waals surface area contributed by atoms with Crippen LogP contribution in [0.1, 0.15) is 6.42 Å². The minimum absolute atomic E-state index is 0.311. The third-order valence-electron chi connectivity index (χ3n) is 5.46. The number of hydrogen-bond acceptors (Lipinski definition) is 3. The maximum absolute atomic E-state index is 3.85. The van der Waals surface area contributed by atoms with Crippen LogP contribution in [0.2, 0.25) is 0 Å². The van der Waals surface area contributed by atoms with Gasteiger partial charge in [-0.15, -0.1) is 0 Å². The average Bonchev–Trinajstić information content (AvgIpc) is 3.10. The summed E-state index contributed by atoms with van der Waals surface area (Å²) in [6.45, 7) is 0. The Balaban J connectivity index is 1.54. The van der Waals surface area contributed by atoms with Gasteiger partial charge in [0.1, 0.15) is 6.29 Å². The first kappa shape index (κ1) is 12.8. The summed E-state index contributed by atoms with van der Waals surface area (Å²) in [5.74, 6) is 0. The van der Waals surface area contributed by atoms with Crippen molar-refractivity contribution in [3.8, 4) is 0 Å². The first-order valence-electron chi connectivity index (χ1n) is 8.28. The summed E-state index contributed by atoms with van der Waals surface area (Å²) in [6, 6.07) is 2.30. The lowest BCUT2D eigenvalue weighted by Gasteiger charge is -2.35. The fraction of sp³-hybridized carbons (Fsp3) is 0.368. The predicted molar refractivity (Wildman–Crippen MR) is 89.0 cm³/mol. The summed E-state index contributed by atoms with van der Waals surface area (Å²) < 4.78 is 0. The summed E-state index contributed by atoms with van der Waals surface area (Å²) in [6.07, 6.45) is 28.5. The molecule has 6 unspecified atom stereocenters. The normalized spacial score (nSPS) is 45.3. The van der Waals surface area contributed by atoms with Crippen molar-refractivity contribution < 1.29 is 0 Å². The maximum atomic E-state index is 3.85. The fourth-order valence-electron chi connectivity index (χ4n) is 4.55. The van der Waals surface area contributed by atoms with Crippen LogP contribution in [-0.4, -0.2) is 46.3 Å². The van der Waals surface area contributed by atoms with Crippen LogP contribution >= 0.6 is 0 Å². The third-order valence-corrected chi connectivity index (χ3v) is 5.46. The zero-order chi connectivity index (χ0) is 14.5. The zero-order valence-corrected chi connectivity index (χ0v) is 12.5. The molecule has 6 atom stereocenters. The molecule has 1 N–H and O–H groups in total. The number of allylic oxidation sites excluding steroid dienone is 6. The summed E-state index contributed by atoms with van der Waals surface area (Å²) in [7, 11) is 0. The number of fused-ring (bicyclic) bond motifs is 5. The molecule has 2 saturated heterocycles. The standard InChI is InChI=1S/C19H21N3/c1-2-8-14(9-3-1)21-17-12-6-7-13-18(17)22-16-11-5-4-10-15(16)20-19(21)22/h1-8,10-20H,9H2. The van der Waals surface area contributed by atoms with E-state index in [1.165, 1.54) is 0 Å². The van der Waals surface area contributed by atoms with Gasteiger partial charge in [-0.05, 0) is 6.42 Å². The van der Waals surface area contributed by atoms with E-state index in [0.29, 0.717) is 36.5 Å². The summed E-state index contributed by atoms with van der Waals surface area (Å²) in [5.41, 5.74) is 0. The second-order valence-electron chi connectivity index (χ2n) is 6.59. The Morgan fingerprint density at radius 1 is 0.682 bits per heavy atom. The molecule has 2 fully saturated rings. The van der Waals surface area contributed by atoms with Crippen molar-refractivity contribution in [3.05, 3.63) is 72.9 Å². The molecule has 112 valence electrons. The molecule has 2 heterocycles. The van der Waals surface area contributed by atoms with Gasteiger partial charge in [0.15, 0.2) is 0 Å². The Labute approximate surface area is 131 Å². The highest BCUT2D eigenvalue weighted by molar-refractivity contribution is 5.32. The molecule has 5 aliphatic rings. The van der Waals surface area contributed by atoms with Gasteiger partial charge in [-0.25, -0.2) is 0 Å². The Morgan fingerprint density at radius 3 is 2.14 bits per heavy atom. The van der Waals surface area contributed by atoms with Crippen LogP contribution < -0.4 is 5.32 Å². The second kappa shape index (κ2) is 4.92. The lowest BCUT2D eigenvalue weighted by atomic mass is 9.96. The average molecular weight is 291 g/mol. The van der Waals surface area contributed by atoms with Crippen molar-refractivity contribution in [2.24, 2.45) is 0 Å². The van der Waals surface area contributed by atoms with E-state index >= 15 is 0 Å². The van der Waals surface area contributed by atoms with Crippen LogP contribution in [0.3, 0.4) is 0 Å². The van der Waals surface area contributed by atoms with Gasteiger partial charge in [0.2, 0.25) is 0 Å². The van der Waals surface area contributed by atoms with Gasteiger partial charge >= 0.3 is 0 Å². The van der Waals surface area contributed by atoms with E-state index in [4.69, 9.17) is 0 Å². The monoisotopic (exact) mass is 291 g/mol. The summed E-state index contributed by atoms with van der Waals surface area (Å²) in [4.78, 5) is 5.31. The molecule has 0 aromatic rings. The van der Waals surface area contributed by atoms with E-state index in [-0.39, 0.29) is 0 Å². The Kier molecular flexibility index (Phi) is 2.87. The van der Waals surface area contributed by atoms with Crippen molar-refractivity contribution in [3.63, 3.8) is 0 Å². The third kappa shape index (κ3) is 1.73. The molecule has 0 bridgehead atoms. The maximum Gasteiger partial charge on any atom is 0.119 e. The number of nitrogens with one attached hydrogen (secondary N) is 1. The van der Waals surface area contributed by atoms with Gasteiger partial charge in [-0.3, -0.25) is 15.1 Å². The SMILES string of the molecule is C1=CCC(N2C3C=CC=CC3N3C4C=CC=CC4NC23)C=C1. The first-order valence-corrected chi connectivity index (χ1v) is 8.28. The lowest BCUT2D eigenvalue weighted by Crippen LogP contribution is -2.51. The van der Waals surface area contributed by atoms with Gasteiger partial charge in [0.25, 0.3) is 0 Å². The molecular formula is C19H21N3. The molecular weight excluding hydrogens is 270 g/mol. The van der Waals surface area contributed by atoms with Crippen molar-refractivity contribution in [1.82, 2.24) is 15.1 Å². The summed E-state index contributed by atoms with van der Waals surface area (Å²) in [5, 5.41) is 3.85. The molecule has 22 heavy (non-hydrogen) atoms. The van der Waals surface area contributed by atoms with Gasteiger partial charge < -0.3 is 0 Å². The Morgan fingerprint density at radius 2 is 1.36 bits per heavy atom. The second-order valence-corrected chi connectivity index (χ2v) is 6.59. The van der Waals surface area contributed by atoms with E-state index in [1.54, 1.807) is 0 Å². The van der Waals surface area contributed by atoms with Crippen molar-refractivity contribution in [2.45, 2.75) is 42.9 Å². The predicted octanol–water partition coefficient (Wildman–Crippen LogP) is 2.10. The molecule has 2 aliphatic heterocycles. The highest BCUT2D eigenvalue weighted by Crippen LogP contribution is 2.39. The number of nitrogens with zero attached hydrogens (tertiary/aromatic N) is 2. The van der Waals surface area contributed by atoms with Gasteiger partial charge in [-0.1, -0.05) is 72.9 Å². The zero-order valence-electron chi connectivity index (χ0n) is 12.5. The topological polar surface area (TPSA) is 18.5 Å². The Bertz CT molecular complexity index is 627. The molecule has 3 heteroatoms. The van der Waals surface area contributed by atoms with E-state index < -0.39 is 0 Å².